The number of nitrogens with one attached hydrogen (secondary N) is 1. The van der Waals surface area contributed by atoms with Gasteiger partial charge in [0.2, 0.25) is 0 Å². The molecule has 6 heteroatoms. The number of hydrogen-bond acceptors (Lipinski definition) is 5. The van der Waals surface area contributed by atoms with Gasteiger partial charge in [-0.05, 0) is 49.2 Å². The minimum Gasteiger partial charge on any atom is -0.452 e. The van der Waals surface area contributed by atoms with Crippen molar-refractivity contribution in [1.29, 1.82) is 0 Å². The highest BCUT2D eigenvalue weighted by molar-refractivity contribution is 6.02. The predicted octanol–water partition coefficient (Wildman–Crippen LogP) is 3.24. The number of carbonyl (C=O) groups excluding carboxylic acids is 2. The smallest absolute Gasteiger partial charge is 0.340 e. The number of aromatic nitrogens is 1. The Kier molecular flexibility index (Phi) is 4.29. The van der Waals surface area contributed by atoms with E-state index in [9.17, 15) is 9.59 Å². The van der Waals surface area contributed by atoms with Crippen molar-refractivity contribution in [1.82, 2.24) is 4.98 Å². The summed E-state index contributed by atoms with van der Waals surface area (Å²) in [7, 11) is 0. The minimum absolute atomic E-state index is 0.264. The highest BCUT2D eigenvalue weighted by atomic mass is 16.5. The molecule has 1 aromatic heterocycles. The highest BCUT2D eigenvalue weighted by Crippen LogP contribution is 2.18. The van der Waals surface area contributed by atoms with E-state index < -0.39 is 11.9 Å². The molecule has 0 bridgehead atoms. The lowest BCUT2D eigenvalue weighted by Gasteiger charge is -2.08. The second-order valence-electron chi connectivity index (χ2n) is 5.51. The molecule has 0 fully saturated rings. The Morgan fingerprint density at radius 2 is 1.92 bits per heavy atom. The molecule has 3 rings (SSSR count). The van der Waals surface area contributed by atoms with E-state index in [1.807, 2.05) is 32.0 Å². The van der Waals surface area contributed by atoms with Gasteiger partial charge >= 0.3 is 5.97 Å². The van der Waals surface area contributed by atoms with Gasteiger partial charge in [-0.3, -0.25) is 4.79 Å². The molecule has 1 N–H and O–H groups in total. The van der Waals surface area contributed by atoms with Crippen molar-refractivity contribution in [2.45, 2.75) is 13.8 Å². The molecule has 0 saturated carbocycles. The largest absolute Gasteiger partial charge is 0.452 e. The quantitative estimate of drug-likeness (QED) is 0.745. The van der Waals surface area contributed by atoms with Crippen LogP contribution < -0.4 is 5.32 Å². The molecule has 0 unspecified atom stereocenters. The third-order valence-corrected chi connectivity index (χ3v) is 3.42. The number of amides is 1. The highest BCUT2D eigenvalue weighted by Gasteiger charge is 2.15. The van der Waals surface area contributed by atoms with Gasteiger partial charge in [0.1, 0.15) is 5.52 Å². The molecule has 1 amide bonds. The summed E-state index contributed by atoms with van der Waals surface area (Å²) in [5.41, 5.74) is 3.92. The normalized spacial score (nSPS) is 10.6. The fraction of sp³-hybridized carbons (Fsp3) is 0.167. The zero-order chi connectivity index (χ0) is 17.1. The van der Waals surface area contributed by atoms with Gasteiger partial charge in [0.05, 0.1) is 5.56 Å². The number of carbonyl (C=O) groups is 2. The summed E-state index contributed by atoms with van der Waals surface area (Å²) < 4.78 is 10.2. The summed E-state index contributed by atoms with van der Waals surface area (Å²) in [5.74, 6) is -1.02. The van der Waals surface area contributed by atoms with Crippen molar-refractivity contribution < 1.29 is 18.7 Å². The number of ether oxygens (including phenoxy) is 1. The van der Waals surface area contributed by atoms with Crippen LogP contribution in [0.1, 0.15) is 21.5 Å². The lowest BCUT2D eigenvalue weighted by Crippen LogP contribution is -2.21. The lowest BCUT2D eigenvalue weighted by molar-refractivity contribution is -0.119. The number of para-hydroxylation sites is 1. The zero-order valence-corrected chi connectivity index (χ0v) is 13.3. The fourth-order valence-corrected chi connectivity index (χ4v) is 2.50. The molecule has 0 aliphatic heterocycles. The molecule has 122 valence electrons. The SMILES string of the molecule is Cc1cc(C)cc(NC(=O)COC(=O)c2cccc3ocnc23)c1. The van der Waals surface area contributed by atoms with Gasteiger partial charge < -0.3 is 14.5 Å². The first-order valence-corrected chi connectivity index (χ1v) is 7.40. The van der Waals surface area contributed by atoms with Gasteiger partial charge in [-0.2, -0.15) is 0 Å². The number of oxazole rings is 1. The van der Waals surface area contributed by atoms with Crippen LogP contribution in [-0.4, -0.2) is 23.5 Å². The van der Waals surface area contributed by atoms with Crippen molar-refractivity contribution in [2.24, 2.45) is 0 Å². The van der Waals surface area contributed by atoms with Crippen LogP contribution in [-0.2, 0) is 9.53 Å². The predicted molar refractivity (Wildman–Crippen MR) is 88.8 cm³/mol. The summed E-state index contributed by atoms with van der Waals surface area (Å²) in [6.07, 6.45) is 1.26. The average Bonchev–Trinajstić information content (AvgIpc) is 3.00. The lowest BCUT2D eigenvalue weighted by atomic mass is 10.1. The van der Waals surface area contributed by atoms with Crippen molar-refractivity contribution in [3.63, 3.8) is 0 Å². The van der Waals surface area contributed by atoms with E-state index in [1.54, 1.807) is 18.2 Å². The topological polar surface area (TPSA) is 81.4 Å². The van der Waals surface area contributed by atoms with E-state index in [0.29, 0.717) is 16.8 Å². The van der Waals surface area contributed by atoms with E-state index in [2.05, 4.69) is 10.3 Å². The molecular formula is C18H16N2O4. The van der Waals surface area contributed by atoms with Gasteiger partial charge in [0.15, 0.2) is 18.6 Å². The third-order valence-electron chi connectivity index (χ3n) is 3.42. The van der Waals surface area contributed by atoms with E-state index in [0.717, 1.165) is 11.1 Å². The Balaban J connectivity index is 1.63. The summed E-state index contributed by atoms with van der Waals surface area (Å²) in [5, 5.41) is 2.71. The molecular weight excluding hydrogens is 308 g/mol. The van der Waals surface area contributed by atoms with Crippen LogP contribution in [0.5, 0.6) is 0 Å². The van der Waals surface area contributed by atoms with Gasteiger partial charge in [0.25, 0.3) is 5.91 Å². The molecule has 0 aliphatic carbocycles. The number of fused-ring (bicyclic) bond motifs is 1. The van der Waals surface area contributed by atoms with Gasteiger partial charge in [0, 0.05) is 5.69 Å². The standard InChI is InChI=1S/C18H16N2O4/c1-11-6-12(2)8-13(7-11)20-16(21)9-23-18(22)14-4-3-5-15-17(14)19-10-24-15/h3-8,10H,9H2,1-2H3,(H,20,21). The van der Waals surface area contributed by atoms with Crippen LogP contribution in [0.4, 0.5) is 5.69 Å². The Hall–Kier alpha value is -3.15. The first-order valence-electron chi connectivity index (χ1n) is 7.40. The van der Waals surface area contributed by atoms with Crippen molar-refractivity contribution in [3.05, 3.63) is 59.5 Å². The maximum Gasteiger partial charge on any atom is 0.340 e. The number of hydrogen-bond donors (Lipinski definition) is 1. The van der Waals surface area contributed by atoms with Crippen LogP contribution in [0, 0.1) is 13.8 Å². The number of benzene rings is 2. The molecule has 0 spiro atoms. The third kappa shape index (κ3) is 3.43. The first kappa shape index (κ1) is 15.7. The number of aryl methyl sites for hydroxylation is 2. The molecule has 6 nitrogen and oxygen atoms in total. The van der Waals surface area contributed by atoms with Crippen LogP contribution in [0.3, 0.4) is 0 Å². The number of rotatable bonds is 4. The minimum atomic E-state index is -0.620. The average molecular weight is 324 g/mol. The van der Waals surface area contributed by atoms with E-state index in [-0.39, 0.29) is 12.2 Å². The Morgan fingerprint density at radius 3 is 2.67 bits per heavy atom. The first-order chi connectivity index (χ1) is 11.5. The number of esters is 1. The molecule has 1 heterocycles. The van der Waals surface area contributed by atoms with Gasteiger partial charge in [-0.15, -0.1) is 0 Å². The Morgan fingerprint density at radius 1 is 1.17 bits per heavy atom. The molecule has 24 heavy (non-hydrogen) atoms. The second-order valence-corrected chi connectivity index (χ2v) is 5.51. The summed E-state index contributed by atoms with van der Waals surface area (Å²) in [4.78, 5) is 28.1. The van der Waals surface area contributed by atoms with E-state index in [1.165, 1.54) is 6.39 Å². The summed E-state index contributed by atoms with van der Waals surface area (Å²) in [6.45, 7) is 3.52. The monoisotopic (exact) mass is 324 g/mol. The van der Waals surface area contributed by atoms with Crippen LogP contribution in [0.25, 0.3) is 11.1 Å². The molecule has 0 atom stereocenters. The maximum atomic E-state index is 12.1. The molecule has 0 radical (unpaired) electrons. The van der Waals surface area contributed by atoms with Crippen LogP contribution in [0.2, 0.25) is 0 Å². The summed E-state index contributed by atoms with van der Waals surface area (Å²) >= 11 is 0. The molecule has 3 aromatic rings. The molecule has 0 aliphatic rings. The maximum absolute atomic E-state index is 12.1. The number of anilines is 1. The second kappa shape index (κ2) is 6.54. The van der Waals surface area contributed by atoms with Crippen molar-refractivity contribution >= 4 is 28.7 Å². The molecule has 2 aromatic carbocycles. The summed E-state index contributed by atoms with van der Waals surface area (Å²) in [6, 6.07) is 10.7. The Bertz CT molecular complexity index is 894. The zero-order valence-electron chi connectivity index (χ0n) is 13.3. The van der Waals surface area contributed by atoms with Gasteiger partial charge in [-0.1, -0.05) is 12.1 Å². The number of nitrogens with zero attached hydrogens (tertiary/aromatic N) is 1. The molecule has 0 saturated heterocycles. The van der Waals surface area contributed by atoms with Crippen molar-refractivity contribution in [2.75, 3.05) is 11.9 Å². The van der Waals surface area contributed by atoms with Crippen LogP contribution >= 0.6 is 0 Å². The van der Waals surface area contributed by atoms with Gasteiger partial charge in [-0.25, -0.2) is 9.78 Å². The van der Waals surface area contributed by atoms with E-state index in [4.69, 9.17) is 9.15 Å². The Labute approximate surface area is 138 Å². The van der Waals surface area contributed by atoms with Crippen LogP contribution in [0.15, 0.2) is 47.2 Å². The van der Waals surface area contributed by atoms with Crippen molar-refractivity contribution in [3.8, 4) is 0 Å². The fourth-order valence-electron chi connectivity index (χ4n) is 2.50. The van der Waals surface area contributed by atoms with E-state index >= 15 is 0 Å².